The van der Waals surface area contributed by atoms with Gasteiger partial charge in [-0.2, -0.15) is 11.8 Å². The van der Waals surface area contributed by atoms with Crippen molar-refractivity contribution in [1.82, 2.24) is 4.90 Å². The largest absolute Gasteiger partial charge is 0.496 e. The van der Waals surface area contributed by atoms with Crippen molar-refractivity contribution in [3.63, 3.8) is 0 Å². The van der Waals surface area contributed by atoms with Crippen LogP contribution in [0.5, 0.6) is 5.75 Å². The number of likely N-dealkylation sites (N-methyl/N-ethyl adjacent to an activating group) is 1. The molecule has 0 amide bonds. The number of carbonyl (C=O) groups excluding carboxylic acids is 1. The Morgan fingerprint density at radius 3 is 3.00 bits per heavy atom. The Bertz CT molecular complexity index is 461. The fourth-order valence-electron chi connectivity index (χ4n) is 2.38. The Balaban J connectivity index is 2.11. The molecule has 4 heteroatoms. The number of nitrogens with zero attached hydrogens (tertiary/aromatic N) is 1. The highest BCUT2D eigenvalue weighted by Crippen LogP contribution is 2.23. The van der Waals surface area contributed by atoms with Crippen molar-refractivity contribution in [2.75, 3.05) is 32.2 Å². The van der Waals surface area contributed by atoms with Gasteiger partial charge in [0.1, 0.15) is 5.75 Å². The first-order valence-corrected chi connectivity index (χ1v) is 7.71. The summed E-state index contributed by atoms with van der Waals surface area (Å²) < 4.78 is 5.34. The van der Waals surface area contributed by atoms with Crippen LogP contribution in [0.2, 0.25) is 0 Å². The summed E-state index contributed by atoms with van der Waals surface area (Å²) in [7, 11) is 3.69. The van der Waals surface area contributed by atoms with E-state index >= 15 is 0 Å². The number of ether oxygens (including phenoxy) is 1. The molecule has 0 spiro atoms. The molecule has 3 nitrogen and oxygen atoms in total. The van der Waals surface area contributed by atoms with Crippen molar-refractivity contribution >= 4 is 17.5 Å². The van der Waals surface area contributed by atoms with Gasteiger partial charge in [0.2, 0.25) is 0 Å². The first kappa shape index (κ1) is 14.4. The molecule has 1 aliphatic heterocycles. The maximum absolute atomic E-state index is 12.4. The van der Waals surface area contributed by atoms with Crippen LogP contribution in [0.25, 0.3) is 0 Å². The van der Waals surface area contributed by atoms with Crippen molar-refractivity contribution in [2.24, 2.45) is 0 Å². The highest BCUT2D eigenvalue weighted by molar-refractivity contribution is 7.99. The minimum absolute atomic E-state index is 0.0453. The molecule has 0 aliphatic carbocycles. The van der Waals surface area contributed by atoms with Crippen LogP contribution in [0.15, 0.2) is 18.2 Å². The Kier molecular flexibility index (Phi) is 4.88. The second-order valence-electron chi connectivity index (χ2n) is 5.03. The molecule has 1 aliphatic rings. The Morgan fingerprint density at radius 1 is 1.53 bits per heavy atom. The number of aryl methyl sites for hydroxylation is 1. The van der Waals surface area contributed by atoms with E-state index in [9.17, 15) is 4.79 Å². The number of thioether (sulfide) groups is 1. The Hall–Kier alpha value is -1.00. The first-order chi connectivity index (χ1) is 9.11. The number of methoxy groups -OCH3 is 1. The minimum Gasteiger partial charge on any atom is -0.496 e. The van der Waals surface area contributed by atoms with Gasteiger partial charge in [-0.25, -0.2) is 0 Å². The van der Waals surface area contributed by atoms with Crippen LogP contribution < -0.4 is 4.74 Å². The van der Waals surface area contributed by atoms with Gasteiger partial charge >= 0.3 is 0 Å². The van der Waals surface area contributed by atoms with Gasteiger partial charge in [-0.05, 0) is 20.0 Å². The maximum Gasteiger partial charge on any atom is 0.155 e. The summed E-state index contributed by atoms with van der Waals surface area (Å²) >= 11 is 1.87. The summed E-state index contributed by atoms with van der Waals surface area (Å²) in [5.41, 5.74) is 2.16. The van der Waals surface area contributed by atoms with E-state index in [0.29, 0.717) is 12.2 Å². The van der Waals surface area contributed by atoms with Gasteiger partial charge in [0.25, 0.3) is 0 Å². The third-order valence-corrected chi connectivity index (χ3v) is 4.59. The molecule has 1 saturated heterocycles. The topological polar surface area (TPSA) is 29.5 Å². The molecule has 0 saturated carbocycles. The van der Waals surface area contributed by atoms with Gasteiger partial charge in [0, 0.05) is 30.0 Å². The molecule has 1 aromatic rings. The molecule has 2 rings (SSSR count). The number of hydrogen-bond acceptors (Lipinski definition) is 4. The molecule has 1 unspecified atom stereocenters. The monoisotopic (exact) mass is 279 g/mol. The summed E-state index contributed by atoms with van der Waals surface area (Å²) in [4.78, 5) is 14.6. The molecular formula is C15H21NO2S. The molecule has 19 heavy (non-hydrogen) atoms. The van der Waals surface area contributed by atoms with Crippen molar-refractivity contribution in [1.29, 1.82) is 0 Å². The lowest BCUT2D eigenvalue weighted by Crippen LogP contribution is -2.45. The minimum atomic E-state index is 0.0453. The number of carbonyl (C=O) groups is 1. The molecule has 0 N–H and O–H groups in total. The molecule has 0 aromatic heterocycles. The first-order valence-electron chi connectivity index (χ1n) is 6.56. The Labute approximate surface area is 119 Å². The number of ketones is 1. The SMILES string of the molecule is COc1ccc(C)cc1CC(=O)C1CSCCN1C. The lowest BCUT2D eigenvalue weighted by atomic mass is 10.0. The lowest BCUT2D eigenvalue weighted by molar-refractivity contribution is -0.122. The second-order valence-corrected chi connectivity index (χ2v) is 6.18. The quantitative estimate of drug-likeness (QED) is 0.845. The van der Waals surface area contributed by atoms with Crippen LogP contribution in [0, 0.1) is 6.92 Å². The van der Waals surface area contributed by atoms with Crippen LogP contribution in [0.3, 0.4) is 0 Å². The van der Waals surface area contributed by atoms with Crippen molar-refractivity contribution < 1.29 is 9.53 Å². The van der Waals surface area contributed by atoms with E-state index in [2.05, 4.69) is 4.90 Å². The molecule has 0 radical (unpaired) electrons. The summed E-state index contributed by atoms with van der Waals surface area (Å²) in [6, 6.07) is 6.04. The van der Waals surface area contributed by atoms with E-state index in [0.717, 1.165) is 34.9 Å². The molecule has 104 valence electrons. The van der Waals surface area contributed by atoms with Crippen LogP contribution in [-0.2, 0) is 11.2 Å². The molecule has 1 atom stereocenters. The summed E-state index contributed by atoms with van der Waals surface area (Å²) in [5, 5.41) is 0. The van der Waals surface area contributed by atoms with Gasteiger partial charge in [0.15, 0.2) is 5.78 Å². The standard InChI is InChI=1S/C15H21NO2S/c1-11-4-5-15(18-3)12(8-11)9-14(17)13-10-19-7-6-16(13)2/h4-5,8,13H,6-7,9-10H2,1-3H3. The average molecular weight is 279 g/mol. The third-order valence-electron chi connectivity index (χ3n) is 3.57. The van der Waals surface area contributed by atoms with E-state index in [1.165, 1.54) is 0 Å². The predicted octanol–water partition coefficient (Wildman–Crippen LogP) is 2.16. The number of Topliss-reactive ketones (excluding diaryl/α,β-unsaturated/α-hetero) is 1. The molecule has 1 aromatic carbocycles. The number of benzene rings is 1. The zero-order valence-electron chi connectivity index (χ0n) is 11.8. The fourth-order valence-corrected chi connectivity index (χ4v) is 3.62. The van der Waals surface area contributed by atoms with E-state index in [4.69, 9.17) is 4.74 Å². The van der Waals surface area contributed by atoms with Crippen molar-refractivity contribution in [2.45, 2.75) is 19.4 Å². The molecule has 1 fully saturated rings. The smallest absolute Gasteiger partial charge is 0.155 e. The molecule has 1 heterocycles. The summed E-state index contributed by atoms with van der Waals surface area (Å²) in [6.07, 6.45) is 0.459. The van der Waals surface area contributed by atoms with Crippen molar-refractivity contribution in [3.05, 3.63) is 29.3 Å². The number of hydrogen-bond donors (Lipinski definition) is 0. The van der Waals surface area contributed by atoms with Gasteiger partial charge in [-0.3, -0.25) is 9.69 Å². The Morgan fingerprint density at radius 2 is 2.32 bits per heavy atom. The zero-order chi connectivity index (χ0) is 13.8. The highest BCUT2D eigenvalue weighted by Gasteiger charge is 2.26. The van der Waals surface area contributed by atoms with Gasteiger partial charge < -0.3 is 4.74 Å². The van der Waals surface area contributed by atoms with Gasteiger partial charge in [-0.1, -0.05) is 17.7 Å². The maximum atomic E-state index is 12.4. The van der Waals surface area contributed by atoms with E-state index in [1.54, 1.807) is 7.11 Å². The zero-order valence-corrected chi connectivity index (χ0v) is 12.6. The second kappa shape index (κ2) is 6.44. The van der Waals surface area contributed by atoms with Crippen LogP contribution in [0.4, 0.5) is 0 Å². The molecule has 0 bridgehead atoms. The predicted molar refractivity (Wildman–Crippen MR) is 80.2 cm³/mol. The van der Waals surface area contributed by atoms with E-state index in [1.807, 2.05) is 43.9 Å². The number of rotatable bonds is 4. The average Bonchev–Trinajstić information content (AvgIpc) is 2.39. The fraction of sp³-hybridized carbons (Fsp3) is 0.533. The summed E-state index contributed by atoms with van der Waals surface area (Å²) in [6.45, 7) is 3.03. The van der Waals surface area contributed by atoms with Crippen LogP contribution in [0.1, 0.15) is 11.1 Å². The van der Waals surface area contributed by atoms with Crippen LogP contribution in [-0.4, -0.2) is 48.9 Å². The van der Waals surface area contributed by atoms with Crippen LogP contribution >= 0.6 is 11.8 Å². The lowest BCUT2D eigenvalue weighted by Gasteiger charge is -2.31. The van der Waals surface area contributed by atoms with E-state index < -0.39 is 0 Å². The summed E-state index contributed by atoms with van der Waals surface area (Å²) in [5.74, 6) is 3.13. The normalized spacial score (nSPS) is 20.3. The van der Waals surface area contributed by atoms with Gasteiger partial charge in [0.05, 0.1) is 13.2 Å². The van der Waals surface area contributed by atoms with E-state index in [-0.39, 0.29) is 6.04 Å². The molecular weight excluding hydrogens is 258 g/mol. The third kappa shape index (κ3) is 3.51. The van der Waals surface area contributed by atoms with Crippen molar-refractivity contribution in [3.8, 4) is 5.75 Å². The highest BCUT2D eigenvalue weighted by atomic mass is 32.2. The van der Waals surface area contributed by atoms with Gasteiger partial charge in [-0.15, -0.1) is 0 Å².